The average molecular weight is 180 g/mol. The summed E-state index contributed by atoms with van der Waals surface area (Å²) in [5.74, 6) is 0.650. The van der Waals surface area contributed by atoms with Crippen LogP contribution in [0.4, 0.5) is 4.39 Å². The smallest absolute Gasteiger partial charge is 0.130 e. The summed E-state index contributed by atoms with van der Waals surface area (Å²) in [5, 5.41) is 0. The quantitative estimate of drug-likeness (QED) is 0.596. The molecule has 2 heteroatoms. The van der Waals surface area contributed by atoms with Crippen LogP contribution in [0.2, 0.25) is 0 Å². The van der Waals surface area contributed by atoms with Gasteiger partial charge >= 0.3 is 0 Å². The van der Waals surface area contributed by atoms with Crippen LogP contribution < -0.4 is 4.74 Å². The molecule has 70 valence electrons. The second-order valence-corrected chi connectivity index (χ2v) is 4.08. The van der Waals surface area contributed by atoms with Gasteiger partial charge in [0, 0.05) is 11.5 Å². The number of benzene rings is 1. The summed E-state index contributed by atoms with van der Waals surface area (Å²) in [6.07, 6.45) is 0. The fourth-order valence-corrected chi connectivity index (χ4v) is 1.75. The first-order valence-corrected chi connectivity index (χ1v) is 4.50. The van der Waals surface area contributed by atoms with Crippen LogP contribution in [0.25, 0.3) is 0 Å². The normalized spacial score (nSPS) is 23.8. The van der Waals surface area contributed by atoms with Crippen molar-refractivity contribution in [2.24, 2.45) is 0 Å². The van der Waals surface area contributed by atoms with Crippen molar-refractivity contribution in [3.8, 4) is 5.75 Å². The van der Waals surface area contributed by atoms with Gasteiger partial charge in [0.2, 0.25) is 0 Å². The molecule has 0 amide bonds. The Bertz CT molecular complexity index is 344. The maximum atomic E-state index is 13.4. The number of fused-ring (bicyclic) bond motifs is 1. The van der Waals surface area contributed by atoms with Crippen molar-refractivity contribution in [1.82, 2.24) is 0 Å². The third-order valence-corrected chi connectivity index (χ3v) is 2.86. The Hall–Kier alpha value is -1.05. The zero-order valence-electron chi connectivity index (χ0n) is 8.10. The van der Waals surface area contributed by atoms with Gasteiger partial charge in [-0.3, -0.25) is 0 Å². The molecule has 13 heavy (non-hydrogen) atoms. The minimum atomic E-state index is -0.287. The first-order valence-electron chi connectivity index (χ1n) is 4.50. The highest BCUT2D eigenvalue weighted by molar-refractivity contribution is 5.43. The van der Waals surface area contributed by atoms with E-state index in [4.69, 9.17) is 4.74 Å². The van der Waals surface area contributed by atoms with E-state index in [0.29, 0.717) is 11.3 Å². The molecule has 0 saturated carbocycles. The third kappa shape index (κ3) is 1.12. The van der Waals surface area contributed by atoms with E-state index in [1.165, 1.54) is 6.07 Å². The zero-order chi connectivity index (χ0) is 9.64. The lowest BCUT2D eigenvalue weighted by atomic mass is 9.89. The zero-order valence-corrected chi connectivity index (χ0v) is 8.10. The molecule has 0 aromatic heterocycles. The van der Waals surface area contributed by atoms with Crippen LogP contribution in [-0.4, -0.2) is 5.60 Å². The molecule has 1 aromatic carbocycles. The third-order valence-electron chi connectivity index (χ3n) is 2.86. The summed E-state index contributed by atoms with van der Waals surface area (Å²) in [6.45, 7) is 5.96. The van der Waals surface area contributed by atoms with E-state index in [1.54, 1.807) is 6.07 Å². The van der Waals surface area contributed by atoms with Crippen molar-refractivity contribution in [2.45, 2.75) is 32.3 Å². The van der Waals surface area contributed by atoms with Crippen molar-refractivity contribution in [3.63, 3.8) is 0 Å². The molecule has 0 saturated heterocycles. The lowest BCUT2D eigenvalue weighted by molar-refractivity contribution is 0.115. The van der Waals surface area contributed by atoms with Gasteiger partial charge in [0.1, 0.15) is 17.2 Å². The maximum Gasteiger partial charge on any atom is 0.130 e. The van der Waals surface area contributed by atoms with Gasteiger partial charge in [-0.05, 0) is 26.0 Å². The monoisotopic (exact) mass is 180 g/mol. The SMILES string of the molecule is CC1c2c(F)cccc2OC1(C)C. The Balaban J connectivity index is 2.57. The summed E-state index contributed by atoms with van der Waals surface area (Å²) in [4.78, 5) is 0. The van der Waals surface area contributed by atoms with E-state index in [0.717, 1.165) is 0 Å². The van der Waals surface area contributed by atoms with E-state index in [-0.39, 0.29) is 17.3 Å². The molecule has 1 heterocycles. The topological polar surface area (TPSA) is 9.23 Å². The van der Waals surface area contributed by atoms with Crippen molar-refractivity contribution in [3.05, 3.63) is 29.6 Å². The van der Waals surface area contributed by atoms with E-state index in [2.05, 4.69) is 0 Å². The Labute approximate surface area is 77.5 Å². The van der Waals surface area contributed by atoms with Crippen LogP contribution in [0.15, 0.2) is 18.2 Å². The first kappa shape index (κ1) is 8.54. The van der Waals surface area contributed by atoms with Gasteiger partial charge in [0.05, 0.1) is 0 Å². The van der Waals surface area contributed by atoms with E-state index in [9.17, 15) is 4.39 Å². The van der Waals surface area contributed by atoms with Crippen LogP contribution >= 0.6 is 0 Å². The summed E-state index contributed by atoms with van der Waals surface area (Å²) in [6, 6.07) is 4.99. The lowest BCUT2D eigenvalue weighted by Crippen LogP contribution is -2.28. The summed E-state index contributed by atoms with van der Waals surface area (Å²) in [5.41, 5.74) is 0.428. The standard InChI is InChI=1S/C11H13FO/c1-7-10-8(12)5-4-6-9(10)13-11(7,2)3/h4-7H,1-3H3. The van der Waals surface area contributed by atoms with Crippen molar-refractivity contribution in [1.29, 1.82) is 0 Å². The maximum absolute atomic E-state index is 13.4. The second-order valence-electron chi connectivity index (χ2n) is 4.08. The van der Waals surface area contributed by atoms with Crippen molar-refractivity contribution in [2.75, 3.05) is 0 Å². The average Bonchev–Trinajstić information content (AvgIpc) is 2.24. The van der Waals surface area contributed by atoms with Crippen LogP contribution in [0.3, 0.4) is 0 Å². The number of hydrogen-bond donors (Lipinski definition) is 0. The molecule has 0 N–H and O–H groups in total. The molecule has 0 aliphatic carbocycles. The van der Waals surface area contributed by atoms with Gasteiger partial charge in [-0.15, -0.1) is 0 Å². The number of rotatable bonds is 0. The van der Waals surface area contributed by atoms with Gasteiger partial charge in [-0.2, -0.15) is 0 Å². The van der Waals surface area contributed by atoms with Gasteiger partial charge in [-0.1, -0.05) is 13.0 Å². The highest BCUT2D eigenvalue weighted by Gasteiger charge is 2.39. The Morgan fingerprint density at radius 3 is 2.69 bits per heavy atom. The molecule has 2 rings (SSSR count). The summed E-state index contributed by atoms with van der Waals surface area (Å²) in [7, 11) is 0. The van der Waals surface area contributed by atoms with E-state index < -0.39 is 0 Å². The van der Waals surface area contributed by atoms with Crippen LogP contribution in [-0.2, 0) is 0 Å². The highest BCUT2D eigenvalue weighted by atomic mass is 19.1. The molecule has 1 aliphatic rings. The van der Waals surface area contributed by atoms with Crippen LogP contribution in [0, 0.1) is 5.82 Å². The van der Waals surface area contributed by atoms with Crippen LogP contribution in [0.5, 0.6) is 5.75 Å². The van der Waals surface area contributed by atoms with Crippen molar-refractivity contribution >= 4 is 0 Å². The minimum Gasteiger partial charge on any atom is -0.487 e. The predicted octanol–water partition coefficient (Wildman–Crippen LogP) is 3.10. The number of halogens is 1. The molecule has 1 atom stereocenters. The molecule has 1 aliphatic heterocycles. The largest absolute Gasteiger partial charge is 0.487 e. The highest BCUT2D eigenvalue weighted by Crippen LogP contribution is 2.45. The Kier molecular flexibility index (Phi) is 1.62. The Morgan fingerprint density at radius 1 is 1.38 bits per heavy atom. The first-order chi connectivity index (χ1) is 6.02. The molecule has 0 bridgehead atoms. The summed E-state index contributed by atoms with van der Waals surface area (Å²) >= 11 is 0. The Morgan fingerprint density at radius 2 is 2.08 bits per heavy atom. The molecule has 0 spiro atoms. The lowest BCUT2D eigenvalue weighted by Gasteiger charge is -2.22. The van der Waals surface area contributed by atoms with Gasteiger partial charge in [0.15, 0.2) is 0 Å². The second kappa shape index (κ2) is 2.47. The van der Waals surface area contributed by atoms with Gasteiger partial charge in [0.25, 0.3) is 0 Å². The molecule has 1 nitrogen and oxygen atoms in total. The molecular formula is C11H13FO. The van der Waals surface area contributed by atoms with E-state index in [1.807, 2.05) is 26.8 Å². The fourth-order valence-electron chi connectivity index (χ4n) is 1.75. The molecule has 1 aromatic rings. The minimum absolute atomic E-state index is 0.115. The molecular weight excluding hydrogens is 167 g/mol. The number of ether oxygens (including phenoxy) is 1. The van der Waals surface area contributed by atoms with Gasteiger partial charge in [-0.25, -0.2) is 4.39 Å². The van der Waals surface area contributed by atoms with Crippen molar-refractivity contribution < 1.29 is 9.13 Å². The molecule has 1 unspecified atom stereocenters. The van der Waals surface area contributed by atoms with Crippen LogP contribution in [0.1, 0.15) is 32.3 Å². The fraction of sp³-hybridized carbons (Fsp3) is 0.455. The predicted molar refractivity (Wildman–Crippen MR) is 49.5 cm³/mol. The summed E-state index contributed by atoms with van der Waals surface area (Å²) < 4.78 is 19.1. The molecule has 0 radical (unpaired) electrons. The molecule has 0 fully saturated rings. The van der Waals surface area contributed by atoms with Gasteiger partial charge < -0.3 is 4.74 Å². The van der Waals surface area contributed by atoms with E-state index >= 15 is 0 Å². The number of hydrogen-bond acceptors (Lipinski definition) is 1.